The number of nitrogens with one attached hydrogen (secondary N) is 1. The van der Waals surface area contributed by atoms with E-state index < -0.39 is 0 Å². The van der Waals surface area contributed by atoms with Gasteiger partial charge in [-0.3, -0.25) is 0 Å². The summed E-state index contributed by atoms with van der Waals surface area (Å²) in [6.07, 6.45) is 0.988. The van der Waals surface area contributed by atoms with Crippen LogP contribution in [0.2, 0.25) is 0 Å². The average Bonchev–Trinajstić information content (AvgIpc) is 2.43. The molecule has 1 aromatic carbocycles. The minimum atomic E-state index is 0.344. The van der Waals surface area contributed by atoms with Crippen LogP contribution in [0.4, 0.5) is 11.4 Å². The van der Waals surface area contributed by atoms with E-state index in [1.807, 2.05) is 0 Å². The van der Waals surface area contributed by atoms with Crippen molar-refractivity contribution >= 4 is 11.4 Å². The van der Waals surface area contributed by atoms with E-state index in [0.717, 1.165) is 36.7 Å². The Hall–Kier alpha value is -2.16. The zero-order valence-corrected chi connectivity index (χ0v) is 12.0. The minimum absolute atomic E-state index is 0.344. The van der Waals surface area contributed by atoms with Gasteiger partial charge in [0.05, 0.1) is 17.4 Å². The van der Waals surface area contributed by atoms with Crippen molar-refractivity contribution in [3.8, 4) is 0 Å². The van der Waals surface area contributed by atoms with E-state index in [9.17, 15) is 0 Å². The number of likely N-dealkylation sites (tertiary alicyclic amines) is 1. The maximum Gasteiger partial charge on any atom is 0.106 e. The number of fused-ring (bicyclic) bond motifs is 1. The molecule has 2 aliphatic rings. The summed E-state index contributed by atoms with van der Waals surface area (Å²) >= 11 is 0. The number of nitrogens with zero attached hydrogens (tertiary/aromatic N) is 2. The summed E-state index contributed by atoms with van der Waals surface area (Å²) in [5.41, 5.74) is 4.64. The van der Waals surface area contributed by atoms with Crippen LogP contribution in [-0.2, 0) is 0 Å². The van der Waals surface area contributed by atoms with E-state index in [4.69, 9.17) is 0 Å². The molecule has 0 saturated carbocycles. The molecular weight excluding hydrogens is 246 g/mol. The first-order valence-electron chi connectivity index (χ1n) is 7.01. The van der Waals surface area contributed by atoms with E-state index >= 15 is 0 Å². The van der Waals surface area contributed by atoms with Crippen LogP contribution in [0.3, 0.4) is 0 Å². The third kappa shape index (κ3) is 1.90. The molecule has 3 rings (SSSR count). The first-order valence-corrected chi connectivity index (χ1v) is 7.01. The monoisotopic (exact) mass is 267 g/mol. The number of anilines is 2. The average molecular weight is 267 g/mol. The van der Waals surface area contributed by atoms with Gasteiger partial charge in [-0.05, 0) is 19.1 Å². The Morgan fingerprint density at radius 2 is 2.05 bits per heavy atom. The third-order valence-electron chi connectivity index (χ3n) is 4.09. The van der Waals surface area contributed by atoms with Crippen molar-refractivity contribution in [1.29, 1.82) is 0 Å². The highest BCUT2D eigenvalue weighted by atomic mass is 15.4. The fourth-order valence-corrected chi connectivity index (χ4v) is 2.96. The third-order valence-corrected chi connectivity index (χ3v) is 4.09. The van der Waals surface area contributed by atoms with Gasteiger partial charge in [-0.25, -0.2) is 0 Å². The lowest BCUT2D eigenvalue weighted by Crippen LogP contribution is -2.50. The van der Waals surface area contributed by atoms with Crippen LogP contribution in [0.25, 0.3) is 0 Å². The van der Waals surface area contributed by atoms with Gasteiger partial charge < -0.3 is 15.1 Å². The van der Waals surface area contributed by atoms with Crippen molar-refractivity contribution in [3.63, 3.8) is 0 Å². The molecular formula is C17H21N3. The van der Waals surface area contributed by atoms with Gasteiger partial charge in [0.1, 0.15) is 5.82 Å². The molecule has 0 radical (unpaired) electrons. The molecule has 1 unspecified atom stereocenters. The molecule has 20 heavy (non-hydrogen) atoms. The van der Waals surface area contributed by atoms with Crippen LogP contribution in [0.15, 0.2) is 61.1 Å². The maximum absolute atomic E-state index is 4.30. The highest BCUT2D eigenvalue weighted by Gasteiger charge is 2.36. The topological polar surface area (TPSA) is 18.5 Å². The van der Waals surface area contributed by atoms with Crippen LogP contribution < -0.4 is 10.2 Å². The second-order valence-corrected chi connectivity index (χ2v) is 5.51. The largest absolute Gasteiger partial charge is 0.382 e. The predicted molar refractivity (Wildman–Crippen MR) is 85.6 cm³/mol. The van der Waals surface area contributed by atoms with Gasteiger partial charge in [0.15, 0.2) is 0 Å². The van der Waals surface area contributed by atoms with Crippen molar-refractivity contribution in [3.05, 3.63) is 61.1 Å². The highest BCUT2D eigenvalue weighted by molar-refractivity contribution is 5.74. The van der Waals surface area contributed by atoms with Gasteiger partial charge in [-0.15, -0.1) is 0 Å². The molecule has 1 atom stereocenters. The van der Waals surface area contributed by atoms with Crippen LogP contribution >= 0.6 is 0 Å². The summed E-state index contributed by atoms with van der Waals surface area (Å²) in [7, 11) is 0. The number of hydrogen-bond acceptors (Lipinski definition) is 3. The number of rotatable bonds is 3. The molecule has 0 amide bonds. The molecule has 0 bridgehead atoms. The zero-order chi connectivity index (χ0) is 14.3. The summed E-state index contributed by atoms with van der Waals surface area (Å²) in [6.45, 7) is 16.4. The summed E-state index contributed by atoms with van der Waals surface area (Å²) in [5.74, 6) is 1.00. The quantitative estimate of drug-likeness (QED) is 0.845. The number of para-hydroxylation sites is 2. The maximum atomic E-state index is 4.30. The van der Waals surface area contributed by atoms with Crippen molar-refractivity contribution in [2.24, 2.45) is 0 Å². The Balaban J connectivity index is 1.89. The van der Waals surface area contributed by atoms with E-state index in [1.165, 1.54) is 11.3 Å². The second-order valence-electron chi connectivity index (χ2n) is 5.51. The predicted octanol–water partition coefficient (Wildman–Crippen LogP) is 3.55. The minimum Gasteiger partial charge on any atom is -0.382 e. The van der Waals surface area contributed by atoms with Gasteiger partial charge in [0, 0.05) is 25.2 Å². The van der Waals surface area contributed by atoms with Crippen LogP contribution in [0.1, 0.15) is 13.3 Å². The van der Waals surface area contributed by atoms with Crippen molar-refractivity contribution < 1.29 is 0 Å². The van der Waals surface area contributed by atoms with Crippen molar-refractivity contribution in [2.45, 2.75) is 19.4 Å². The Morgan fingerprint density at radius 3 is 2.75 bits per heavy atom. The van der Waals surface area contributed by atoms with Gasteiger partial charge >= 0.3 is 0 Å². The molecule has 3 nitrogen and oxygen atoms in total. The number of benzene rings is 1. The first-order chi connectivity index (χ1) is 9.59. The van der Waals surface area contributed by atoms with Gasteiger partial charge in [-0.2, -0.15) is 0 Å². The van der Waals surface area contributed by atoms with E-state index in [2.05, 4.69) is 66.0 Å². The summed E-state index contributed by atoms with van der Waals surface area (Å²) in [4.78, 5) is 4.48. The van der Waals surface area contributed by atoms with E-state index in [1.54, 1.807) is 0 Å². The Morgan fingerprint density at radius 1 is 1.30 bits per heavy atom. The lowest BCUT2D eigenvalue weighted by molar-refractivity contribution is 0.236. The van der Waals surface area contributed by atoms with E-state index in [-0.39, 0.29) is 0 Å². The van der Waals surface area contributed by atoms with Gasteiger partial charge in [0.2, 0.25) is 0 Å². The summed E-state index contributed by atoms with van der Waals surface area (Å²) in [5, 5.41) is 3.43. The standard InChI is InChI=1S/C17H21N3/c1-12(2)17-11-13(3)20(17)14(4)19-10-9-18-15-7-5-6-8-16(15)19/h5-8,17-18H,1,3-4,9-11H2,2H3. The molecule has 1 fully saturated rings. The lowest BCUT2D eigenvalue weighted by Gasteiger charge is -2.49. The molecule has 0 spiro atoms. The van der Waals surface area contributed by atoms with Crippen LogP contribution in [-0.4, -0.2) is 24.0 Å². The molecule has 1 aromatic rings. The number of hydrogen-bond donors (Lipinski definition) is 1. The normalized spacial score (nSPS) is 20.9. The molecule has 0 aliphatic carbocycles. The molecule has 2 heterocycles. The smallest absolute Gasteiger partial charge is 0.106 e. The highest BCUT2D eigenvalue weighted by Crippen LogP contribution is 2.40. The van der Waals surface area contributed by atoms with Crippen LogP contribution in [0, 0.1) is 0 Å². The Bertz CT molecular complexity index is 588. The molecule has 1 saturated heterocycles. The summed E-state index contributed by atoms with van der Waals surface area (Å²) in [6, 6.07) is 8.70. The SMILES string of the molecule is C=C(C)C1CC(=C)N1C(=C)N1CCNc2ccccc21. The molecule has 3 heteroatoms. The van der Waals surface area contributed by atoms with Gasteiger partial charge in [-0.1, -0.05) is 37.4 Å². The molecule has 104 valence electrons. The molecule has 1 N–H and O–H groups in total. The second kappa shape index (κ2) is 4.75. The van der Waals surface area contributed by atoms with Crippen molar-refractivity contribution in [2.75, 3.05) is 23.3 Å². The fourth-order valence-electron chi connectivity index (χ4n) is 2.96. The van der Waals surface area contributed by atoms with Gasteiger partial charge in [0.25, 0.3) is 0 Å². The van der Waals surface area contributed by atoms with E-state index in [0.29, 0.717) is 6.04 Å². The van der Waals surface area contributed by atoms with Crippen molar-refractivity contribution in [1.82, 2.24) is 4.90 Å². The molecule has 0 aromatic heterocycles. The fraction of sp³-hybridized carbons (Fsp3) is 0.294. The first kappa shape index (κ1) is 12.9. The Kier molecular flexibility index (Phi) is 3.05. The van der Waals surface area contributed by atoms with Crippen LogP contribution in [0.5, 0.6) is 0 Å². The Labute approximate surface area is 120 Å². The zero-order valence-electron chi connectivity index (χ0n) is 12.0. The summed E-state index contributed by atoms with van der Waals surface area (Å²) < 4.78 is 0. The lowest BCUT2D eigenvalue weighted by atomic mass is 9.93. The molecule has 2 aliphatic heterocycles.